The van der Waals surface area contributed by atoms with E-state index in [1.807, 2.05) is 27.7 Å². The van der Waals surface area contributed by atoms with E-state index in [0.717, 1.165) is 0 Å². The van der Waals surface area contributed by atoms with Crippen molar-refractivity contribution in [3.05, 3.63) is 157 Å². The molecule has 0 heteroatoms. The zero-order valence-electron chi connectivity index (χ0n) is 29.4. The Hall–Kier alpha value is -5.46. The quantitative estimate of drug-likeness (QED) is 0.132. The van der Waals surface area contributed by atoms with Crippen LogP contribution in [-0.4, -0.2) is 0 Å². The summed E-state index contributed by atoms with van der Waals surface area (Å²) < 4.78 is 0. The van der Waals surface area contributed by atoms with Crippen molar-refractivity contribution in [2.75, 3.05) is 0 Å². The molecule has 0 N–H and O–H groups in total. The van der Waals surface area contributed by atoms with E-state index in [9.17, 15) is 0 Å². The van der Waals surface area contributed by atoms with E-state index < -0.39 is 0 Å². The maximum Gasteiger partial charge on any atom is 0.0159 e. The molecule has 10 rings (SSSR count). The Kier molecular flexibility index (Phi) is 7.49. The predicted molar refractivity (Wildman–Crippen MR) is 216 cm³/mol. The first-order valence-corrected chi connectivity index (χ1v) is 17.9. The van der Waals surface area contributed by atoms with Gasteiger partial charge in [0.2, 0.25) is 0 Å². The lowest BCUT2D eigenvalue weighted by molar-refractivity contribution is 0.660. The van der Waals surface area contributed by atoms with Gasteiger partial charge in [0.15, 0.2) is 0 Å². The fourth-order valence-corrected chi connectivity index (χ4v) is 8.35. The molecule has 1 aliphatic rings. The Labute approximate surface area is 290 Å². The van der Waals surface area contributed by atoms with Crippen molar-refractivity contribution in [1.29, 1.82) is 0 Å². The molecule has 0 saturated heterocycles. The van der Waals surface area contributed by atoms with Gasteiger partial charge in [-0.3, -0.25) is 0 Å². The molecule has 9 aromatic carbocycles. The number of rotatable bonds is 2. The highest BCUT2D eigenvalue weighted by Gasteiger charge is 2.35. The lowest BCUT2D eigenvalue weighted by Crippen LogP contribution is -2.14. The molecular weight excluding hydrogens is 589 g/mol. The standard InChI is InChI=1S/C45H30.2C2H6/c1-45(2)41-13-6-5-11-36(41)37-20-19-31(26-42(37)45)29-14-15-30-25-32(17-16-28(30)24-29)33-22-23-40-35-10-4-3-9-34(35)38-12-7-8-27-18-21-39(33)44(40)43(27)38;2*1-2/h3-26H,1-2H3;2*1-2H3. The van der Waals surface area contributed by atoms with Gasteiger partial charge in [-0.15, -0.1) is 0 Å². The third-order valence-electron chi connectivity index (χ3n) is 10.6. The van der Waals surface area contributed by atoms with Gasteiger partial charge in [0.25, 0.3) is 0 Å². The normalized spacial score (nSPS) is 12.9. The molecule has 0 fully saturated rings. The molecule has 0 unspecified atom stereocenters. The summed E-state index contributed by atoms with van der Waals surface area (Å²) in [4.78, 5) is 0. The van der Waals surface area contributed by atoms with Crippen LogP contribution in [0.1, 0.15) is 52.7 Å². The predicted octanol–water partition coefficient (Wildman–Crippen LogP) is 14.6. The van der Waals surface area contributed by atoms with Crippen LogP contribution < -0.4 is 0 Å². The van der Waals surface area contributed by atoms with Crippen molar-refractivity contribution < 1.29 is 0 Å². The first kappa shape index (κ1) is 30.8. The van der Waals surface area contributed by atoms with Crippen LogP contribution >= 0.6 is 0 Å². The molecule has 0 heterocycles. The molecule has 0 spiro atoms. The van der Waals surface area contributed by atoms with Crippen LogP contribution in [0.5, 0.6) is 0 Å². The van der Waals surface area contributed by atoms with Crippen LogP contribution in [0.25, 0.3) is 87.2 Å². The van der Waals surface area contributed by atoms with Gasteiger partial charge in [-0.1, -0.05) is 169 Å². The van der Waals surface area contributed by atoms with E-state index in [0.29, 0.717) is 0 Å². The smallest absolute Gasteiger partial charge is 0.0159 e. The highest BCUT2D eigenvalue weighted by atomic mass is 14.4. The second kappa shape index (κ2) is 11.9. The van der Waals surface area contributed by atoms with Gasteiger partial charge in [0, 0.05) is 5.41 Å². The molecule has 0 amide bonds. The van der Waals surface area contributed by atoms with E-state index in [1.54, 1.807) is 0 Å². The van der Waals surface area contributed by atoms with Crippen molar-refractivity contribution in [2.45, 2.75) is 47.0 Å². The van der Waals surface area contributed by atoms with Crippen molar-refractivity contribution >= 4 is 53.9 Å². The Morgan fingerprint density at radius 3 is 1.63 bits per heavy atom. The highest BCUT2D eigenvalue weighted by Crippen LogP contribution is 2.50. The number of benzene rings is 9. The SMILES string of the molecule is CC.CC.CC1(C)c2ccccc2-c2ccc(-c3ccc4cc(-c5ccc6c7ccccc7c7cccc8ccc5c6c87)ccc4c3)cc21. The van der Waals surface area contributed by atoms with Gasteiger partial charge in [-0.05, 0) is 117 Å². The Bertz CT molecular complexity index is 2670. The topological polar surface area (TPSA) is 0 Å². The van der Waals surface area contributed by atoms with E-state index in [2.05, 4.69) is 159 Å². The van der Waals surface area contributed by atoms with Crippen LogP contribution in [0.3, 0.4) is 0 Å². The number of hydrogen-bond donors (Lipinski definition) is 0. The summed E-state index contributed by atoms with van der Waals surface area (Å²) in [7, 11) is 0. The second-order valence-electron chi connectivity index (χ2n) is 13.3. The maximum atomic E-state index is 2.42. The van der Waals surface area contributed by atoms with E-state index in [-0.39, 0.29) is 5.41 Å². The van der Waals surface area contributed by atoms with Crippen molar-refractivity contribution in [1.82, 2.24) is 0 Å². The molecule has 9 aromatic rings. The number of fused-ring (bicyclic) bond motifs is 7. The van der Waals surface area contributed by atoms with E-state index in [4.69, 9.17) is 0 Å². The minimum Gasteiger partial charge on any atom is -0.0683 e. The Morgan fingerprint density at radius 2 is 0.857 bits per heavy atom. The first-order chi connectivity index (χ1) is 24.1. The minimum absolute atomic E-state index is 0.000646. The maximum absolute atomic E-state index is 2.42. The molecule has 0 aromatic heterocycles. The zero-order valence-corrected chi connectivity index (χ0v) is 29.4. The van der Waals surface area contributed by atoms with Crippen LogP contribution in [0.4, 0.5) is 0 Å². The first-order valence-electron chi connectivity index (χ1n) is 17.9. The monoisotopic (exact) mass is 630 g/mol. The fourth-order valence-electron chi connectivity index (χ4n) is 8.35. The fraction of sp³-hybridized carbons (Fsp3) is 0.143. The largest absolute Gasteiger partial charge is 0.0683 e. The molecule has 238 valence electrons. The molecule has 0 bridgehead atoms. The van der Waals surface area contributed by atoms with Crippen LogP contribution in [-0.2, 0) is 5.41 Å². The molecule has 1 aliphatic carbocycles. The summed E-state index contributed by atoms with van der Waals surface area (Å²) in [6.45, 7) is 12.7. The zero-order chi connectivity index (χ0) is 33.9. The van der Waals surface area contributed by atoms with Gasteiger partial charge in [0.05, 0.1) is 0 Å². The molecular formula is C49H42. The van der Waals surface area contributed by atoms with Gasteiger partial charge < -0.3 is 0 Å². The molecule has 0 atom stereocenters. The summed E-state index contributed by atoms with van der Waals surface area (Å²) in [6.07, 6.45) is 0. The molecule has 0 aliphatic heterocycles. The minimum atomic E-state index is 0.000646. The van der Waals surface area contributed by atoms with Crippen molar-refractivity contribution in [3.8, 4) is 33.4 Å². The second-order valence-corrected chi connectivity index (χ2v) is 13.3. The summed E-state index contributed by atoms with van der Waals surface area (Å²) >= 11 is 0. The number of hydrogen-bond acceptors (Lipinski definition) is 0. The van der Waals surface area contributed by atoms with Crippen LogP contribution in [0, 0.1) is 0 Å². The highest BCUT2D eigenvalue weighted by molar-refractivity contribution is 6.35. The van der Waals surface area contributed by atoms with Crippen LogP contribution in [0.2, 0.25) is 0 Å². The van der Waals surface area contributed by atoms with Crippen molar-refractivity contribution in [2.24, 2.45) is 0 Å². The van der Waals surface area contributed by atoms with E-state index >= 15 is 0 Å². The summed E-state index contributed by atoms with van der Waals surface area (Å²) in [5, 5.41) is 13.2. The van der Waals surface area contributed by atoms with Gasteiger partial charge >= 0.3 is 0 Å². The Morgan fingerprint density at radius 1 is 0.327 bits per heavy atom. The van der Waals surface area contributed by atoms with Gasteiger partial charge in [-0.2, -0.15) is 0 Å². The summed E-state index contributed by atoms with van der Waals surface area (Å²) in [6, 6.07) is 54.7. The van der Waals surface area contributed by atoms with Crippen molar-refractivity contribution in [3.63, 3.8) is 0 Å². The third-order valence-corrected chi connectivity index (χ3v) is 10.6. The van der Waals surface area contributed by atoms with Gasteiger partial charge in [-0.25, -0.2) is 0 Å². The molecule has 49 heavy (non-hydrogen) atoms. The summed E-state index contributed by atoms with van der Waals surface area (Å²) in [5.41, 5.74) is 10.7. The lowest BCUT2D eigenvalue weighted by atomic mass is 9.81. The van der Waals surface area contributed by atoms with Crippen LogP contribution in [0.15, 0.2) is 146 Å². The summed E-state index contributed by atoms with van der Waals surface area (Å²) in [5.74, 6) is 0. The lowest BCUT2D eigenvalue weighted by Gasteiger charge is -2.22. The Balaban J connectivity index is 0.000000843. The third kappa shape index (κ3) is 4.58. The average Bonchev–Trinajstić information content (AvgIpc) is 3.40. The average molecular weight is 631 g/mol. The molecule has 0 saturated carbocycles. The van der Waals surface area contributed by atoms with E-state index in [1.165, 1.54) is 98.4 Å². The van der Waals surface area contributed by atoms with Gasteiger partial charge in [0.1, 0.15) is 0 Å². The molecule has 0 radical (unpaired) electrons. The molecule has 0 nitrogen and oxygen atoms in total.